The number of aryl methyl sites for hydroxylation is 2. The molecule has 0 atom stereocenters. The first-order chi connectivity index (χ1) is 15.4. The summed E-state index contributed by atoms with van der Waals surface area (Å²) in [7, 11) is 4.86. The number of aromatic nitrogens is 1. The molecule has 1 saturated heterocycles. The molecule has 7 heteroatoms. The Kier molecular flexibility index (Phi) is 14.9. The van der Waals surface area contributed by atoms with E-state index in [2.05, 4.69) is 46.4 Å². The Morgan fingerprint density at radius 1 is 1.06 bits per heavy atom. The van der Waals surface area contributed by atoms with Crippen LogP contribution in [0.1, 0.15) is 21.5 Å². The number of para-hydroxylation sites is 1. The van der Waals surface area contributed by atoms with E-state index in [-0.39, 0.29) is 6.10 Å². The van der Waals surface area contributed by atoms with Crippen LogP contribution >= 0.6 is 0 Å². The van der Waals surface area contributed by atoms with E-state index in [4.69, 9.17) is 15.0 Å². The predicted octanol–water partition coefficient (Wildman–Crippen LogP) is 3.11. The van der Waals surface area contributed by atoms with Crippen molar-refractivity contribution in [3.63, 3.8) is 0 Å². The SMILES string of the molecule is C=O.CN1CC(O)C1.CNc1ccc(C=O)cc1C.CO.Cc1cccc2cccnc12. The Labute approximate surface area is 190 Å². The number of likely N-dealkylation sites (tertiary alicyclic amines) is 1. The van der Waals surface area contributed by atoms with E-state index < -0.39 is 0 Å². The molecule has 1 aromatic heterocycles. The number of aliphatic hydroxyl groups is 2. The van der Waals surface area contributed by atoms with Crippen molar-refractivity contribution in [1.29, 1.82) is 0 Å². The Bertz CT molecular complexity index is 917. The van der Waals surface area contributed by atoms with E-state index in [1.807, 2.05) is 52.2 Å². The van der Waals surface area contributed by atoms with Gasteiger partial charge >= 0.3 is 0 Å². The first-order valence-corrected chi connectivity index (χ1v) is 10.1. The lowest BCUT2D eigenvalue weighted by Crippen LogP contribution is -2.47. The average Bonchev–Trinajstić information content (AvgIpc) is 2.82. The highest BCUT2D eigenvalue weighted by atomic mass is 16.3. The van der Waals surface area contributed by atoms with Crippen molar-refractivity contribution in [2.45, 2.75) is 20.0 Å². The highest BCUT2D eigenvalue weighted by Gasteiger charge is 2.18. The highest BCUT2D eigenvalue weighted by Crippen LogP contribution is 2.14. The molecule has 1 fully saturated rings. The lowest BCUT2D eigenvalue weighted by atomic mass is 10.1. The van der Waals surface area contributed by atoms with Gasteiger partial charge in [-0.2, -0.15) is 0 Å². The van der Waals surface area contributed by atoms with Gasteiger partial charge in [0.05, 0.1) is 11.6 Å². The number of anilines is 1. The van der Waals surface area contributed by atoms with Gasteiger partial charge in [-0.3, -0.25) is 9.78 Å². The van der Waals surface area contributed by atoms with Crippen LogP contribution in [0.4, 0.5) is 5.69 Å². The third-order valence-corrected chi connectivity index (χ3v) is 4.54. The molecule has 0 radical (unpaired) electrons. The zero-order valence-corrected chi connectivity index (χ0v) is 19.6. The Hall–Kier alpha value is -3.13. The number of carbonyl (C=O) groups excluding carboxylic acids is 2. The van der Waals surface area contributed by atoms with E-state index >= 15 is 0 Å². The number of carbonyl (C=O) groups is 2. The third kappa shape index (κ3) is 9.78. The molecule has 0 spiro atoms. The minimum atomic E-state index is -0.0324. The number of nitrogens with zero attached hydrogens (tertiary/aromatic N) is 2. The molecule has 3 N–H and O–H groups in total. The van der Waals surface area contributed by atoms with Gasteiger partial charge in [-0.25, -0.2) is 0 Å². The van der Waals surface area contributed by atoms with Gasteiger partial charge in [0.15, 0.2) is 0 Å². The van der Waals surface area contributed by atoms with Crippen molar-refractivity contribution < 1.29 is 19.8 Å². The summed E-state index contributed by atoms with van der Waals surface area (Å²) in [6, 6.07) is 15.8. The first-order valence-electron chi connectivity index (χ1n) is 10.1. The monoisotopic (exact) mass is 441 g/mol. The molecular weight excluding hydrogens is 406 g/mol. The maximum atomic E-state index is 10.3. The summed E-state index contributed by atoms with van der Waals surface area (Å²) >= 11 is 0. The molecule has 1 aliphatic heterocycles. The smallest absolute Gasteiger partial charge is 0.150 e. The maximum absolute atomic E-state index is 10.3. The quantitative estimate of drug-likeness (QED) is 0.525. The molecule has 174 valence electrons. The lowest BCUT2D eigenvalue weighted by Gasteiger charge is -2.31. The van der Waals surface area contributed by atoms with Crippen LogP contribution in [-0.4, -0.2) is 73.6 Å². The largest absolute Gasteiger partial charge is 0.400 e. The molecule has 2 aromatic carbocycles. The van der Waals surface area contributed by atoms with E-state index in [1.165, 1.54) is 10.9 Å². The molecular formula is C25H35N3O4. The van der Waals surface area contributed by atoms with Crippen molar-refractivity contribution in [2.75, 3.05) is 39.6 Å². The second-order valence-electron chi connectivity index (χ2n) is 6.97. The molecule has 1 aliphatic rings. The van der Waals surface area contributed by atoms with Crippen molar-refractivity contribution in [3.05, 3.63) is 71.4 Å². The number of hydrogen-bond donors (Lipinski definition) is 3. The number of rotatable bonds is 2. The zero-order valence-electron chi connectivity index (χ0n) is 19.6. The number of nitrogens with one attached hydrogen (secondary N) is 1. The van der Waals surface area contributed by atoms with E-state index in [0.29, 0.717) is 0 Å². The van der Waals surface area contributed by atoms with Gasteiger partial charge in [-0.1, -0.05) is 24.3 Å². The lowest BCUT2D eigenvalue weighted by molar-refractivity contribution is -0.0980. The number of fused-ring (bicyclic) bond motifs is 1. The summed E-state index contributed by atoms with van der Waals surface area (Å²) in [5.74, 6) is 0. The van der Waals surface area contributed by atoms with Crippen LogP contribution in [0.3, 0.4) is 0 Å². The van der Waals surface area contributed by atoms with Crippen LogP contribution in [0.2, 0.25) is 0 Å². The van der Waals surface area contributed by atoms with Gasteiger partial charge < -0.3 is 25.2 Å². The topological polar surface area (TPSA) is 103 Å². The average molecular weight is 442 g/mol. The number of likely N-dealkylation sites (N-methyl/N-ethyl adjacent to an activating group) is 1. The summed E-state index contributed by atoms with van der Waals surface area (Å²) in [4.78, 5) is 24.7. The summed E-state index contributed by atoms with van der Waals surface area (Å²) < 4.78 is 0. The van der Waals surface area contributed by atoms with Crippen LogP contribution in [0.5, 0.6) is 0 Å². The van der Waals surface area contributed by atoms with E-state index in [1.54, 1.807) is 6.07 Å². The van der Waals surface area contributed by atoms with Gasteiger partial charge in [0.1, 0.15) is 13.1 Å². The molecule has 0 unspecified atom stereocenters. The van der Waals surface area contributed by atoms with Crippen LogP contribution in [0.15, 0.2) is 54.7 Å². The second kappa shape index (κ2) is 16.5. The van der Waals surface area contributed by atoms with Crippen LogP contribution in [-0.2, 0) is 4.79 Å². The summed E-state index contributed by atoms with van der Waals surface area (Å²) in [5.41, 5.74) is 5.23. The van der Waals surface area contributed by atoms with Gasteiger partial charge in [0.2, 0.25) is 0 Å². The third-order valence-electron chi connectivity index (χ3n) is 4.54. The number of aldehydes is 1. The number of benzene rings is 2. The van der Waals surface area contributed by atoms with Crippen molar-refractivity contribution in [2.24, 2.45) is 0 Å². The van der Waals surface area contributed by atoms with Crippen molar-refractivity contribution in [1.82, 2.24) is 9.88 Å². The Balaban J connectivity index is 0.000000432. The predicted molar refractivity (Wildman–Crippen MR) is 131 cm³/mol. The Morgan fingerprint density at radius 2 is 1.69 bits per heavy atom. The number of aliphatic hydroxyl groups excluding tert-OH is 2. The molecule has 0 bridgehead atoms. The fraction of sp³-hybridized carbons (Fsp3) is 0.320. The fourth-order valence-electron chi connectivity index (χ4n) is 2.96. The minimum absolute atomic E-state index is 0.0324. The molecule has 3 aromatic rings. The first kappa shape index (κ1) is 28.9. The fourth-order valence-corrected chi connectivity index (χ4v) is 2.96. The summed E-state index contributed by atoms with van der Waals surface area (Å²) in [6.45, 7) is 7.77. The summed E-state index contributed by atoms with van der Waals surface area (Å²) in [6.07, 6.45) is 2.65. The molecule has 32 heavy (non-hydrogen) atoms. The van der Waals surface area contributed by atoms with Gasteiger partial charge in [0.25, 0.3) is 0 Å². The van der Waals surface area contributed by atoms with Crippen LogP contribution in [0, 0.1) is 13.8 Å². The molecule has 4 rings (SSSR count). The number of hydrogen-bond acceptors (Lipinski definition) is 7. The Morgan fingerprint density at radius 3 is 2.12 bits per heavy atom. The maximum Gasteiger partial charge on any atom is 0.150 e. The van der Waals surface area contributed by atoms with Gasteiger partial charge in [-0.15, -0.1) is 0 Å². The molecule has 0 saturated carbocycles. The molecule has 0 aliphatic carbocycles. The standard InChI is InChI=1S/C10H9N.C9H11NO.C4H9NO.CH4O.CH2O/c1-8-4-2-5-9-6-3-7-11-10(8)9;1-7-5-8(6-11)3-4-9(7)10-2;1-5-2-4(6)3-5;2*1-2/h2-7H,1H3;3-6,10H,1-2H3;4,6H,2-3H2,1H3;2H,1H3;1H2. The van der Waals surface area contributed by atoms with Gasteiger partial charge in [-0.05, 0) is 56.3 Å². The van der Waals surface area contributed by atoms with E-state index in [9.17, 15) is 4.79 Å². The number of β-amino-alcohol motifs (C(OH)–C–C–N with tert-alkyl or cyclic N) is 1. The normalized spacial score (nSPS) is 12.1. The number of pyridine rings is 1. The molecule has 2 heterocycles. The minimum Gasteiger partial charge on any atom is -0.400 e. The summed E-state index contributed by atoms with van der Waals surface area (Å²) in [5, 5.41) is 19.8. The second-order valence-corrected chi connectivity index (χ2v) is 6.97. The van der Waals surface area contributed by atoms with Crippen molar-refractivity contribution in [3.8, 4) is 0 Å². The van der Waals surface area contributed by atoms with Gasteiger partial charge in [0, 0.05) is 50.1 Å². The van der Waals surface area contributed by atoms with E-state index in [0.717, 1.165) is 48.8 Å². The van der Waals surface area contributed by atoms with Crippen LogP contribution < -0.4 is 5.32 Å². The molecule has 7 nitrogen and oxygen atoms in total. The van der Waals surface area contributed by atoms with Crippen LogP contribution in [0.25, 0.3) is 10.9 Å². The highest BCUT2D eigenvalue weighted by molar-refractivity contribution is 5.81. The zero-order chi connectivity index (χ0) is 24.5. The molecule has 0 amide bonds. The van der Waals surface area contributed by atoms with Crippen molar-refractivity contribution >= 4 is 29.7 Å².